The van der Waals surface area contributed by atoms with E-state index in [1.807, 2.05) is 6.07 Å². The van der Waals surface area contributed by atoms with Gasteiger partial charge in [0.25, 0.3) is 0 Å². The van der Waals surface area contributed by atoms with Crippen LogP contribution in [-0.2, 0) is 5.41 Å². The first kappa shape index (κ1) is 37.2. The second kappa shape index (κ2) is 14.5. The van der Waals surface area contributed by atoms with E-state index in [0.717, 1.165) is 41.8 Å². The number of hydrogen-bond donors (Lipinski definition) is 0. The van der Waals surface area contributed by atoms with Crippen molar-refractivity contribution in [3.63, 3.8) is 0 Å². The molecule has 1 heterocycles. The molecule has 0 amide bonds. The maximum absolute atomic E-state index is 5.36. The van der Waals surface area contributed by atoms with Crippen LogP contribution in [0.15, 0.2) is 198 Å². The molecule has 7 aromatic rings. The van der Waals surface area contributed by atoms with Crippen molar-refractivity contribution in [1.82, 2.24) is 4.57 Å². The minimum absolute atomic E-state index is 0.116. The lowest BCUT2D eigenvalue weighted by Gasteiger charge is -2.35. The van der Waals surface area contributed by atoms with E-state index >= 15 is 0 Å². The molecule has 1 aromatic heterocycles. The molecule has 0 bridgehead atoms. The van der Waals surface area contributed by atoms with Gasteiger partial charge in [0, 0.05) is 39.3 Å². The smallest absolute Gasteiger partial charge is 0.0750 e. The van der Waals surface area contributed by atoms with Crippen LogP contribution in [0.2, 0.25) is 0 Å². The largest absolute Gasteiger partial charge is 0.309 e. The lowest BCUT2D eigenvalue weighted by atomic mass is 9.69. The van der Waals surface area contributed by atoms with Gasteiger partial charge in [0.15, 0.2) is 0 Å². The van der Waals surface area contributed by atoms with Crippen LogP contribution in [0.5, 0.6) is 0 Å². The van der Waals surface area contributed by atoms with E-state index in [2.05, 4.69) is 203 Å². The molecule has 4 aliphatic carbocycles. The molecular weight excluding hydrogens is 737 g/mol. The molecule has 61 heavy (non-hydrogen) atoms. The molecule has 11 rings (SSSR count). The van der Waals surface area contributed by atoms with Gasteiger partial charge in [0.1, 0.15) is 0 Å². The molecule has 6 aromatic carbocycles. The fourth-order valence-electron chi connectivity index (χ4n) is 10.9. The highest BCUT2D eigenvalue weighted by molar-refractivity contribution is 6.20. The van der Waals surface area contributed by atoms with Crippen LogP contribution in [0.1, 0.15) is 90.5 Å². The maximum atomic E-state index is 5.36. The molecule has 0 N–H and O–H groups in total. The number of allylic oxidation sites excluding steroid dienone is 10. The second-order valence-electron chi connectivity index (χ2n) is 17.8. The maximum Gasteiger partial charge on any atom is 0.0750 e. The van der Waals surface area contributed by atoms with E-state index < -0.39 is 0 Å². The minimum Gasteiger partial charge on any atom is -0.309 e. The first-order chi connectivity index (χ1) is 29.8. The van der Waals surface area contributed by atoms with Gasteiger partial charge in [-0.1, -0.05) is 166 Å². The Bertz CT molecular complexity index is 3150. The predicted molar refractivity (Wildman–Crippen MR) is 259 cm³/mol. The Morgan fingerprint density at radius 1 is 0.672 bits per heavy atom. The molecule has 2 unspecified atom stereocenters. The SMILES string of the molecule is C=C(/N=C(\C1=C(C)C1c1cc2c3ccccc3n(-c3ccc4c(c3)C3=CCCC=C3C3CC=CC=C43)c2cc1C(C)(C)c1ccccc1C)c1ccccc1)c1ccccc1. The van der Waals surface area contributed by atoms with Gasteiger partial charge in [-0.3, -0.25) is 0 Å². The van der Waals surface area contributed by atoms with Crippen molar-refractivity contribution in [1.29, 1.82) is 0 Å². The molecule has 0 radical (unpaired) electrons. The van der Waals surface area contributed by atoms with Crippen molar-refractivity contribution in [2.45, 2.75) is 58.3 Å². The van der Waals surface area contributed by atoms with E-state index in [-0.39, 0.29) is 11.3 Å². The number of aromatic nitrogens is 1. The Hall–Kier alpha value is -6.77. The van der Waals surface area contributed by atoms with Crippen molar-refractivity contribution in [3.8, 4) is 5.69 Å². The van der Waals surface area contributed by atoms with Crippen LogP contribution < -0.4 is 0 Å². The molecule has 0 aliphatic heterocycles. The van der Waals surface area contributed by atoms with Crippen molar-refractivity contribution < 1.29 is 0 Å². The van der Waals surface area contributed by atoms with E-state index in [1.165, 1.54) is 88.7 Å². The van der Waals surface area contributed by atoms with Gasteiger partial charge in [-0.15, -0.1) is 0 Å². The average molecular weight is 787 g/mol. The highest BCUT2D eigenvalue weighted by atomic mass is 15.0. The summed E-state index contributed by atoms with van der Waals surface area (Å²) in [6.07, 6.45) is 15.2. The molecule has 0 spiro atoms. The van der Waals surface area contributed by atoms with Gasteiger partial charge >= 0.3 is 0 Å². The van der Waals surface area contributed by atoms with Crippen LogP contribution in [0, 0.1) is 12.8 Å². The van der Waals surface area contributed by atoms with Gasteiger partial charge in [-0.05, 0) is 125 Å². The summed E-state index contributed by atoms with van der Waals surface area (Å²) in [6, 6.07) is 51.3. The van der Waals surface area contributed by atoms with Crippen molar-refractivity contribution in [2.24, 2.45) is 10.9 Å². The fraction of sp³-hybridized carbons (Fsp3) is 0.169. The zero-order chi connectivity index (χ0) is 41.4. The highest BCUT2D eigenvalue weighted by Gasteiger charge is 2.42. The highest BCUT2D eigenvalue weighted by Crippen LogP contribution is 2.55. The van der Waals surface area contributed by atoms with E-state index in [9.17, 15) is 0 Å². The van der Waals surface area contributed by atoms with Gasteiger partial charge in [0.05, 0.1) is 22.4 Å². The third-order valence-electron chi connectivity index (χ3n) is 14.0. The summed E-state index contributed by atoms with van der Waals surface area (Å²) in [5.74, 6) is 0.561. The molecule has 0 saturated heterocycles. The molecule has 0 fully saturated rings. The van der Waals surface area contributed by atoms with Crippen LogP contribution in [0.3, 0.4) is 0 Å². The molecule has 4 aliphatic rings. The average Bonchev–Trinajstić information content (AvgIpc) is 3.86. The number of rotatable bonds is 8. The van der Waals surface area contributed by atoms with Gasteiger partial charge in [-0.2, -0.15) is 0 Å². The van der Waals surface area contributed by atoms with E-state index in [0.29, 0.717) is 5.92 Å². The first-order valence-corrected chi connectivity index (χ1v) is 21.9. The standard InChI is InChI=1S/C59H50N2/c1-37-20-12-18-30-52(37)59(4,5)53-36-55-50(35-51(53)56-38(2)57(56)58(41-23-10-7-11-24-41)60-39(3)40-21-8-6-9-22-40)48-29-17-19-31-54(48)61(55)42-32-33-47-45-27-14-13-25-43(45)44-26-15-16-28-46(44)49(47)34-42/h6-14,17-24,26-36,43,56H,3,15-16,25H2,1-2,4-5H3/b60-58-. The van der Waals surface area contributed by atoms with Crippen molar-refractivity contribution >= 4 is 44.4 Å². The van der Waals surface area contributed by atoms with Crippen molar-refractivity contribution in [3.05, 3.63) is 238 Å². The number of para-hydroxylation sites is 1. The summed E-state index contributed by atoms with van der Waals surface area (Å²) in [6.45, 7) is 13.9. The number of benzene rings is 6. The molecule has 296 valence electrons. The topological polar surface area (TPSA) is 17.3 Å². The first-order valence-electron chi connectivity index (χ1n) is 21.9. The molecule has 2 nitrogen and oxygen atoms in total. The van der Waals surface area contributed by atoms with Crippen molar-refractivity contribution in [2.75, 3.05) is 0 Å². The van der Waals surface area contributed by atoms with Gasteiger partial charge in [0.2, 0.25) is 0 Å². The minimum atomic E-state index is -0.305. The molecular formula is C59H50N2. The second-order valence-corrected chi connectivity index (χ2v) is 17.8. The number of fused-ring (bicyclic) bond motifs is 9. The summed E-state index contributed by atoms with van der Waals surface area (Å²) in [4.78, 5) is 5.36. The number of aliphatic imine (C=N–C) groups is 1. The lowest BCUT2D eigenvalue weighted by Crippen LogP contribution is -2.23. The summed E-state index contributed by atoms with van der Waals surface area (Å²) in [5.41, 5.74) is 22.4. The van der Waals surface area contributed by atoms with Crippen LogP contribution in [0.25, 0.3) is 44.3 Å². The number of aryl methyl sites for hydroxylation is 1. The Morgan fingerprint density at radius 2 is 1.39 bits per heavy atom. The van der Waals surface area contributed by atoms with Crippen LogP contribution in [0.4, 0.5) is 0 Å². The molecule has 0 saturated carbocycles. The normalized spacial score (nSPS) is 18.3. The monoisotopic (exact) mass is 786 g/mol. The summed E-state index contributed by atoms with van der Waals surface area (Å²) in [7, 11) is 0. The Kier molecular flexibility index (Phi) is 8.83. The Morgan fingerprint density at radius 3 is 2.20 bits per heavy atom. The third-order valence-corrected chi connectivity index (χ3v) is 14.0. The third kappa shape index (κ3) is 6.03. The zero-order valence-corrected chi connectivity index (χ0v) is 35.5. The quantitative estimate of drug-likeness (QED) is 0.137. The summed E-state index contributed by atoms with van der Waals surface area (Å²) < 4.78 is 2.54. The zero-order valence-electron chi connectivity index (χ0n) is 35.5. The number of nitrogens with zero attached hydrogens (tertiary/aromatic N) is 2. The fourth-order valence-corrected chi connectivity index (χ4v) is 10.9. The van der Waals surface area contributed by atoms with E-state index in [4.69, 9.17) is 4.99 Å². The van der Waals surface area contributed by atoms with Gasteiger partial charge < -0.3 is 4.57 Å². The predicted octanol–water partition coefficient (Wildman–Crippen LogP) is 15.1. The van der Waals surface area contributed by atoms with Crippen LogP contribution >= 0.6 is 0 Å². The molecule has 2 atom stereocenters. The molecule has 2 heteroatoms. The van der Waals surface area contributed by atoms with Crippen LogP contribution in [-0.4, -0.2) is 10.3 Å². The lowest BCUT2D eigenvalue weighted by molar-refractivity contribution is 0.629. The summed E-state index contributed by atoms with van der Waals surface area (Å²) >= 11 is 0. The Balaban J connectivity index is 1.13. The van der Waals surface area contributed by atoms with Gasteiger partial charge in [-0.25, -0.2) is 4.99 Å². The van der Waals surface area contributed by atoms with E-state index in [1.54, 1.807) is 0 Å². The summed E-state index contributed by atoms with van der Waals surface area (Å²) in [5, 5.41) is 2.54. The number of hydrogen-bond acceptors (Lipinski definition) is 1. The Labute approximate surface area is 360 Å².